The molecule has 2 aromatic rings. The molecule has 0 saturated carbocycles. The van der Waals surface area contributed by atoms with Gasteiger partial charge in [0.05, 0.1) is 12.6 Å². The summed E-state index contributed by atoms with van der Waals surface area (Å²) in [7, 11) is 0. The van der Waals surface area contributed by atoms with Crippen LogP contribution in [0, 0.1) is 6.92 Å². The minimum Gasteiger partial charge on any atom is -0.493 e. The van der Waals surface area contributed by atoms with Crippen LogP contribution in [0.5, 0.6) is 5.75 Å². The van der Waals surface area contributed by atoms with Crippen molar-refractivity contribution in [3.05, 3.63) is 62.1 Å². The molecule has 2 aromatic carbocycles. The van der Waals surface area contributed by atoms with E-state index >= 15 is 0 Å². The fourth-order valence-corrected chi connectivity index (χ4v) is 3.47. The Balaban J connectivity index is 2.08. The summed E-state index contributed by atoms with van der Waals surface area (Å²) >= 11 is 9.68. The first-order chi connectivity index (χ1) is 9.54. The third-order valence-electron chi connectivity index (χ3n) is 3.54. The lowest BCUT2D eigenvalue weighted by Crippen LogP contribution is -2.13. The molecule has 3 rings (SSSR count). The summed E-state index contributed by atoms with van der Waals surface area (Å²) in [5.41, 5.74) is 10.8. The van der Waals surface area contributed by atoms with Crippen molar-refractivity contribution in [1.29, 1.82) is 0 Å². The summed E-state index contributed by atoms with van der Waals surface area (Å²) in [5.74, 6) is 0.929. The van der Waals surface area contributed by atoms with Crippen LogP contribution in [0.3, 0.4) is 0 Å². The summed E-state index contributed by atoms with van der Waals surface area (Å²) in [6.45, 7) is 2.74. The van der Waals surface area contributed by atoms with Gasteiger partial charge < -0.3 is 10.5 Å². The second-order valence-corrected chi connectivity index (χ2v) is 6.47. The average molecular weight is 353 g/mol. The highest BCUT2D eigenvalue weighted by molar-refractivity contribution is 9.10. The topological polar surface area (TPSA) is 35.2 Å². The smallest absolute Gasteiger partial charge is 0.127 e. The van der Waals surface area contributed by atoms with Crippen LogP contribution in [0.1, 0.15) is 28.3 Å². The molecule has 0 amide bonds. The van der Waals surface area contributed by atoms with Crippen LogP contribution in [0.4, 0.5) is 0 Å². The average Bonchev–Trinajstić information content (AvgIpc) is 2.83. The Morgan fingerprint density at radius 3 is 2.80 bits per heavy atom. The van der Waals surface area contributed by atoms with Gasteiger partial charge in [-0.3, -0.25) is 0 Å². The van der Waals surface area contributed by atoms with Gasteiger partial charge in [0.15, 0.2) is 0 Å². The van der Waals surface area contributed by atoms with E-state index < -0.39 is 0 Å². The molecule has 0 aromatic heterocycles. The Morgan fingerprint density at radius 1 is 1.25 bits per heavy atom. The third-order valence-corrected chi connectivity index (χ3v) is 4.21. The van der Waals surface area contributed by atoms with Gasteiger partial charge in [-0.25, -0.2) is 0 Å². The monoisotopic (exact) mass is 351 g/mol. The van der Waals surface area contributed by atoms with Gasteiger partial charge in [-0.15, -0.1) is 0 Å². The van der Waals surface area contributed by atoms with E-state index in [9.17, 15) is 0 Å². The molecule has 4 heteroatoms. The quantitative estimate of drug-likeness (QED) is 0.870. The molecule has 104 valence electrons. The normalized spacial score (nSPS) is 14.8. The molecule has 0 bridgehead atoms. The summed E-state index contributed by atoms with van der Waals surface area (Å²) < 4.78 is 6.79. The minimum absolute atomic E-state index is 0.239. The number of hydrogen-bond donors (Lipinski definition) is 1. The predicted molar refractivity (Wildman–Crippen MR) is 85.6 cm³/mol. The molecule has 0 fully saturated rings. The lowest BCUT2D eigenvalue weighted by Gasteiger charge is -2.17. The summed E-state index contributed by atoms with van der Waals surface area (Å²) in [6.07, 6.45) is 0.934. The molecule has 2 nitrogen and oxygen atoms in total. The molecular formula is C16H15BrClNO. The van der Waals surface area contributed by atoms with E-state index in [2.05, 4.69) is 28.1 Å². The van der Waals surface area contributed by atoms with Crippen molar-refractivity contribution in [3.63, 3.8) is 0 Å². The molecule has 0 aliphatic carbocycles. The fourth-order valence-electron chi connectivity index (χ4n) is 2.65. The van der Waals surface area contributed by atoms with Crippen LogP contribution in [-0.4, -0.2) is 6.61 Å². The molecule has 1 unspecified atom stereocenters. The van der Waals surface area contributed by atoms with Crippen molar-refractivity contribution < 1.29 is 4.74 Å². The zero-order chi connectivity index (χ0) is 14.3. The highest BCUT2D eigenvalue weighted by Gasteiger charge is 2.22. The first-order valence-corrected chi connectivity index (χ1v) is 7.69. The highest BCUT2D eigenvalue weighted by Crippen LogP contribution is 2.38. The van der Waals surface area contributed by atoms with Crippen molar-refractivity contribution in [2.24, 2.45) is 5.73 Å². The molecule has 1 aliphatic heterocycles. The summed E-state index contributed by atoms with van der Waals surface area (Å²) in [6, 6.07) is 9.81. The van der Waals surface area contributed by atoms with E-state index in [1.807, 2.05) is 25.1 Å². The van der Waals surface area contributed by atoms with Gasteiger partial charge in [0.25, 0.3) is 0 Å². The van der Waals surface area contributed by atoms with E-state index in [0.717, 1.165) is 39.9 Å². The Hall–Kier alpha value is -1.03. The van der Waals surface area contributed by atoms with Gasteiger partial charge in [0.2, 0.25) is 0 Å². The van der Waals surface area contributed by atoms with Crippen LogP contribution in [0.2, 0.25) is 5.02 Å². The van der Waals surface area contributed by atoms with E-state index in [-0.39, 0.29) is 6.04 Å². The van der Waals surface area contributed by atoms with E-state index in [1.165, 1.54) is 5.56 Å². The van der Waals surface area contributed by atoms with Crippen LogP contribution in [0.25, 0.3) is 0 Å². The van der Waals surface area contributed by atoms with E-state index in [0.29, 0.717) is 5.02 Å². The molecule has 0 saturated heterocycles. The first kappa shape index (κ1) is 13.9. The Morgan fingerprint density at radius 2 is 2.05 bits per heavy atom. The maximum Gasteiger partial charge on any atom is 0.127 e. The molecule has 1 atom stereocenters. The second kappa shape index (κ2) is 5.40. The minimum atomic E-state index is -0.239. The van der Waals surface area contributed by atoms with Gasteiger partial charge in [-0.1, -0.05) is 33.6 Å². The lowest BCUT2D eigenvalue weighted by atomic mass is 9.95. The molecule has 0 radical (unpaired) electrons. The van der Waals surface area contributed by atoms with Gasteiger partial charge in [0, 0.05) is 21.5 Å². The maximum atomic E-state index is 6.44. The maximum absolute atomic E-state index is 6.44. The van der Waals surface area contributed by atoms with E-state index in [1.54, 1.807) is 0 Å². The Kier molecular flexibility index (Phi) is 3.76. The molecule has 20 heavy (non-hydrogen) atoms. The second-order valence-electron chi connectivity index (χ2n) is 5.12. The number of hydrogen-bond acceptors (Lipinski definition) is 2. The van der Waals surface area contributed by atoms with Crippen molar-refractivity contribution in [1.82, 2.24) is 0 Å². The van der Waals surface area contributed by atoms with Gasteiger partial charge in [0.1, 0.15) is 5.75 Å². The van der Waals surface area contributed by atoms with E-state index in [4.69, 9.17) is 22.1 Å². The number of rotatable bonds is 2. The van der Waals surface area contributed by atoms with Crippen LogP contribution in [0.15, 0.2) is 34.8 Å². The number of benzene rings is 2. The first-order valence-electron chi connectivity index (χ1n) is 6.52. The number of nitrogens with two attached hydrogens (primary N) is 1. The van der Waals surface area contributed by atoms with Crippen molar-refractivity contribution >= 4 is 27.5 Å². The Bertz CT molecular complexity index is 652. The van der Waals surface area contributed by atoms with Crippen molar-refractivity contribution in [3.8, 4) is 5.75 Å². The zero-order valence-electron chi connectivity index (χ0n) is 11.1. The fraction of sp³-hybridized carbons (Fsp3) is 0.250. The van der Waals surface area contributed by atoms with Crippen molar-refractivity contribution in [2.75, 3.05) is 6.61 Å². The van der Waals surface area contributed by atoms with Crippen LogP contribution in [-0.2, 0) is 6.42 Å². The van der Waals surface area contributed by atoms with Crippen molar-refractivity contribution in [2.45, 2.75) is 19.4 Å². The number of aryl methyl sites for hydroxylation is 1. The van der Waals surface area contributed by atoms with Gasteiger partial charge in [-0.2, -0.15) is 0 Å². The Labute approximate surface area is 132 Å². The lowest BCUT2D eigenvalue weighted by molar-refractivity contribution is 0.352. The molecule has 1 aliphatic rings. The highest BCUT2D eigenvalue weighted by atomic mass is 79.9. The molecule has 1 heterocycles. The van der Waals surface area contributed by atoms with Crippen LogP contribution >= 0.6 is 27.5 Å². The predicted octanol–water partition coefficient (Wildman–Crippen LogP) is 4.39. The van der Waals surface area contributed by atoms with Gasteiger partial charge in [-0.05, 0) is 47.9 Å². The summed E-state index contributed by atoms with van der Waals surface area (Å²) in [5, 5.41) is 0.711. The van der Waals surface area contributed by atoms with Gasteiger partial charge >= 0.3 is 0 Å². The summed E-state index contributed by atoms with van der Waals surface area (Å²) in [4.78, 5) is 0. The zero-order valence-corrected chi connectivity index (χ0v) is 13.5. The van der Waals surface area contributed by atoms with Crippen LogP contribution < -0.4 is 10.5 Å². The third kappa shape index (κ3) is 2.58. The number of fused-ring (bicyclic) bond motifs is 1. The SMILES string of the molecule is Cc1cc(Cl)cc(C(N)c2cc(Br)cc3c2OCC3)c1. The largest absolute Gasteiger partial charge is 0.493 e. The number of ether oxygens (including phenoxy) is 1. The molecule has 2 N–H and O–H groups in total. The molecular weight excluding hydrogens is 338 g/mol. The molecule has 0 spiro atoms. The number of halogens is 2. The standard InChI is InChI=1S/C16H15BrClNO/c1-9-4-11(7-13(18)5-9)15(19)14-8-12(17)6-10-2-3-20-16(10)14/h4-8,15H,2-3,19H2,1H3.